The minimum Gasteiger partial charge on any atom is -0.468 e. The first-order chi connectivity index (χ1) is 11.2. The van der Waals surface area contributed by atoms with Gasteiger partial charge in [0.25, 0.3) is 0 Å². The molecule has 0 aliphatic carbocycles. The molecule has 24 heavy (non-hydrogen) atoms. The van der Waals surface area contributed by atoms with Gasteiger partial charge in [-0.25, -0.2) is 0 Å². The van der Waals surface area contributed by atoms with Crippen molar-refractivity contribution in [1.29, 1.82) is 0 Å². The summed E-state index contributed by atoms with van der Waals surface area (Å²) in [6, 6.07) is 0. The zero-order chi connectivity index (χ0) is 18.2. The van der Waals surface area contributed by atoms with Crippen molar-refractivity contribution in [3.8, 4) is 0 Å². The number of carbonyl (C=O) groups excluding carboxylic acids is 1. The minimum atomic E-state index is -0.0944. The first kappa shape index (κ1) is 18.6. The van der Waals surface area contributed by atoms with Gasteiger partial charge in [0.2, 0.25) is 0 Å². The van der Waals surface area contributed by atoms with Crippen molar-refractivity contribution in [3.05, 3.63) is 46.3 Å². The number of hydrogen-bond acceptors (Lipinski definition) is 3. The van der Waals surface area contributed by atoms with Crippen LogP contribution >= 0.6 is 0 Å². The maximum absolute atomic E-state index is 13.0. The fourth-order valence-electron chi connectivity index (χ4n) is 3.31. The van der Waals surface area contributed by atoms with E-state index in [4.69, 9.17) is 8.83 Å². The Labute approximate surface area is 145 Å². The summed E-state index contributed by atoms with van der Waals surface area (Å²) < 4.78 is 11.4. The molecule has 3 nitrogen and oxygen atoms in total. The van der Waals surface area contributed by atoms with Crippen molar-refractivity contribution in [2.45, 2.75) is 67.2 Å². The zero-order valence-corrected chi connectivity index (χ0v) is 16.2. The topological polar surface area (TPSA) is 43.4 Å². The molecule has 0 fully saturated rings. The highest BCUT2D eigenvalue weighted by molar-refractivity contribution is 5.84. The molecule has 0 aliphatic heterocycles. The highest BCUT2D eigenvalue weighted by atomic mass is 16.3. The molecule has 4 unspecified atom stereocenters. The lowest BCUT2D eigenvalue weighted by Gasteiger charge is -2.24. The van der Waals surface area contributed by atoms with E-state index in [0.717, 1.165) is 33.8 Å². The lowest BCUT2D eigenvalue weighted by Crippen LogP contribution is -2.27. The fraction of sp³-hybridized carbons (Fsp3) is 0.571. The van der Waals surface area contributed by atoms with Crippen LogP contribution in [0.25, 0.3) is 0 Å². The lowest BCUT2D eigenvalue weighted by atomic mass is 9.78. The molecule has 2 aromatic rings. The third-order valence-corrected chi connectivity index (χ3v) is 5.87. The second-order valence-electron chi connectivity index (χ2n) is 7.37. The molecule has 0 radical (unpaired) electrons. The van der Waals surface area contributed by atoms with Crippen LogP contribution in [0.4, 0.5) is 0 Å². The second kappa shape index (κ2) is 7.00. The third kappa shape index (κ3) is 3.22. The SMILES string of the molecule is Cc1coc(C(C)C(C)C(=O)C(C)C(C)c2occ(C)c2C)c1C. The van der Waals surface area contributed by atoms with Gasteiger partial charge in [0.05, 0.1) is 12.5 Å². The number of carbonyl (C=O) groups is 1. The maximum atomic E-state index is 13.0. The van der Waals surface area contributed by atoms with Crippen LogP contribution < -0.4 is 0 Å². The number of hydrogen-bond donors (Lipinski definition) is 0. The number of rotatable bonds is 6. The summed E-state index contributed by atoms with van der Waals surface area (Å²) in [7, 11) is 0. The van der Waals surface area contributed by atoms with Gasteiger partial charge in [-0.05, 0) is 49.9 Å². The van der Waals surface area contributed by atoms with Gasteiger partial charge in [0.15, 0.2) is 0 Å². The molecule has 0 N–H and O–H groups in total. The van der Waals surface area contributed by atoms with E-state index in [9.17, 15) is 4.79 Å². The Kier molecular flexibility index (Phi) is 5.42. The Morgan fingerprint density at radius 2 is 1.08 bits per heavy atom. The third-order valence-electron chi connectivity index (χ3n) is 5.87. The molecular formula is C21H30O3. The van der Waals surface area contributed by atoms with Gasteiger partial charge in [-0.15, -0.1) is 0 Å². The van der Waals surface area contributed by atoms with Gasteiger partial charge >= 0.3 is 0 Å². The zero-order valence-electron chi connectivity index (χ0n) is 16.2. The van der Waals surface area contributed by atoms with E-state index < -0.39 is 0 Å². The number of furan rings is 2. The van der Waals surface area contributed by atoms with Crippen LogP contribution in [-0.4, -0.2) is 5.78 Å². The number of ketones is 1. The van der Waals surface area contributed by atoms with Gasteiger partial charge in [-0.2, -0.15) is 0 Å². The van der Waals surface area contributed by atoms with Gasteiger partial charge in [-0.3, -0.25) is 4.79 Å². The van der Waals surface area contributed by atoms with Crippen LogP contribution in [0.3, 0.4) is 0 Å². The highest BCUT2D eigenvalue weighted by Crippen LogP contribution is 2.36. The van der Waals surface area contributed by atoms with Crippen LogP contribution in [0.2, 0.25) is 0 Å². The maximum Gasteiger partial charge on any atom is 0.139 e. The van der Waals surface area contributed by atoms with Crippen molar-refractivity contribution in [2.75, 3.05) is 0 Å². The molecule has 132 valence electrons. The van der Waals surface area contributed by atoms with Crippen molar-refractivity contribution in [3.63, 3.8) is 0 Å². The normalized spacial score (nSPS) is 16.7. The molecule has 0 aromatic carbocycles. The summed E-state index contributed by atoms with van der Waals surface area (Å²) >= 11 is 0. The molecule has 0 spiro atoms. The van der Waals surface area contributed by atoms with Crippen molar-refractivity contribution < 1.29 is 13.6 Å². The van der Waals surface area contributed by atoms with Gasteiger partial charge in [-0.1, -0.05) is 27.7 Å². The highest BCUT2D eigenvalue weighted by Gasteiger charge is 2.33. The van der Waals surface area contributed by atoms with E-state index >= 15 is 0 Å². The molecule has 0 saturated carbocycles. The van der Waals surface area contributed by atoms with Crippen LogP contribution in [-0.2, 0) is 4.79 Å². The average molecular weight is 330 g/mol. The van der Waals surface area contributed by atoms with Crippen LogP contribution in [0.1, 0.15) is 73.3 Å². The van der Waals surface area contributed by atoms with E-state index in [0.29, 0.717) is 0 Å². The molecule has 0 amide bonds. The van der Waals surface area contributed by atoms with Crippen LogP contribution in [0, 0.1) is 39.5 Å². The molecule has 0 bridgehead atoms. The van der Waals surface area contributed by atoms with Crippen molar-refractivity contribution in [1.82, 2.24) is 0 Å². The predicted molar refractivity (Wildman–Crippen MR) is 96.5 cm³/mol. The molecule has 4 atom stereocenters. The largest absolute Gasteiger partial charge is 0.468 e. The standard InChI is InChI=1S/C21H30O3/c1-11-9-23-20(13(11)3)17(7)15(5)19(22)16(6)18(8)21-14(4)12(2)10-24-21/h9-10,15-18H,1-8H3. The molecular weight excluding hydrogens is 300 g/mol. The second-order valence-corrected chi connectivity index (χ2v) is 7.37. The monoisotopic (exact) mass is 330 g/mol. The summed E-state index contributed by atoms with van der Waals surface area (Å²) in [5, 5.41) is 0. The first-order valence-electron chi connectivity index (χ1n) is 8.79. The van der Waals surface area contributed by atoms with E-state index in [-0.39, 0.29) is 29.5 Å². The molecule has 2 aromatic heterocycles. The lowest BCUT2D eigenvalue weighted by molar-refractivity contribution is -0.127. The molecule has 0 saturated heterocycles. The first-order valence-corrected chi connectivity index (χ1v) is 8.79. The van der Waals surface area contributed by atoms with E-state index in [1.54, 1.807) is 12.5 Å². The summed E-state index contributed by atoms with van der Waals surface area (Å²) in [6.45, 7) is 16.4. The van der Waals surface area contributed by atoms with Gasteiger partial charge in [0, 0.05) is 23.7 Å². The van der Waals surface area contributed by atoms with Crippen molar-refractivity contribution >= 4 is 5.78 Å². The van der Waals surface area contributed by atoms with E-state index in [1.165, 1.54) is 0 Å². The number of Topliss-reactive ketones (excluding diaryl/α,β-unsaturated/α-hetero) is 1. The van der Waals surface area contributed by atoms with E-state index in [1.807, 2.05) is 27.7 Å². The van der Waals surface area contributed by atoms with Gasteiger partial charge in [0.1, 0.15) is 17.3 Å². The summed E-state index contributed by atoms with van der Waals surface area (Å²) in [5.41, 5.74) is 4.58. The Bertz CT molecular complexity index is 659. The average Bonchev–Trinajstić information content (AvgIpc) is 3.07. The Morgan fingerprint density at radius 1 is 0.750 bits per heavy atom. The Morgan fingerprint density at radius 3 is 1.33 bits per heavy atom. The molecule has 2 rings (SSSR count). The van der Waals surface area contributed by atoms with Crippen LogP contribution in [0.15, 0.2) is 21.4 Å². The Hall–Kier alpha value is -1.77. The van der Waals surface area contributed by atoms with Gasteiger partial charge < -0.3 is 8.83 Å². The smallest absolute Gasteiger partial charge is 0.139 e. The molecule has 0 aliphatic rings. The summed E-state index contributed by atoms with van der Waals surface area (Å²) in [5.74, 6) is 2.07. The summed E-state index contributed by atoms with van der Waals surface area (Å²) in [4.78, 5) is 13.0. The minimum absolute atomic E-state index is 0.0697. The summed E-state index contributed by atoms with van der Waals surface area (Å²) in [6.07, 6.45) is 3.55. The van der Waals surface area contributed by atoms with E-state index in [2.05, 4.69) is 27.7 Å². The predicted octanol–water partition coefficient (Wildman–Crippen LogP) is 5.85. The number of aryl methyl sites for hydroxylation is 2. The van der Waals surface area contributed by atoms with Crippen LogP contribution in [0.5, 0.6) is 0 Å². The Balaban J connectivity index is 2.17. The quantitative estimate of drug-likeness (QED) is 0.666. The fourth-order valence-corrected chi connectivity index (χ4v) is 3.31. The molecule has 3 heteroatoms. The van der Waals surface area contributed by atoms with Crippen molar-refractivity contribution in [2.24, 2.45) is 11.8 Å². The molecule has 2 heterocycles.